The van der Waals surface area contributed by atoms with Gasteiger partial charge >= 0.3 is 6.18 Å². The number of nitrogens with zero attached hydrogens (tertiary/aromatic N) is 3. The molecule has 4 nitrogen and oxygen atoms in total. The molecule has 0 spiro atoms. The number of aromatic nitrogens is 3. The van der Waals surface area contributed by atoms with Gasteiger partial charge in [0.2, 0.25) is 0 Å². The third-order valence-corrected chi connectivity index (χ3v) is 4.35. The van der Waals surface area contributed by atoms with E-state index in [1.165, 1.54) is 6.07 Å². The molecule has 0 unspecified atom stereocenters. The molecular formula is C20H15F3N4. The van der Waals surface area contributed by atoms with Crippen LogP contribution in [0.15, 0.2) is 67.1 Å². The number of benzene rings is 1. The number of rotatable bonds is 3. The maximum absolute atomic E-state index is 13.0. The van der Waals surface area contributed by atoms with Gasteiger partial charge in [-0.05, 0) is 35.9 Å². The number of hydrogen-bond donors (Lipinski definition) is 1. The zero-order valence-electron chi connectivity index (χ0n) is 14.3. The Morgan fingerprint density at radius 3 is 2.59 bits per heavy atom. The monoisotopic (exact) mass is 368 g/mol. The van der Waals surface area contributed by atoms with E-state index in [0.29, 0.717) is 17.1 Å². The highest BCUT2D eigenvalue weighted by atomic mass is 19.4. The lowest BCUT2D eigenvalue weighted by molar-refractivity contribution is -0.137. The summed E-state index contributed by atoms with van der Waals surface area (Å²) >= 11 is 0. The summed E-state index contributed by atoms with van der Waals surface area (Å²) in [6.07, 6.45) is 0.694. The van der Waals surface area contributed by atoms with Crippen LogP contribution in [0.3, 0.4) is 0 Å². The predicted octanol–water partition coefficient (Wildman–Crippen LogP) is 5.40. The molecule has 1 aromatic carbocycles. The average Bonchev–Trinajstić information content (AvgIpc) is 2.98. The lowest BCUT2D eigenvalue weighted by atomic mass is 10.1. The molecule has 0 saturated heterocycles. The van der Waals surface area contributed by atoms with E-state index in [0.717, 1.165) is 28.7 Å². The number of hydrogen-bond acceptors (Lipinski definition) is 3. The molecule has 0 aliphatic heterocycles. The van der Waals surface area contributed by atoms with Gasteiger partial charge in [0, 0.05) is 36.6 Å². The maximum atomic E-state index is 13.0. The van der Waals surface area contributed by atoms with Crippen LogP contribution in [0.25, 0.3) is 22.2 Å². The Labute approximate surface area is 153 Å². The largest absolute Gasteiger partial charge is 0.416 e. The van der Waals surface area contributed by atoms with Crippen molar-refractivity contribution in [3.05, 3.63) is 72.7 Å². The first-order valence-electron chi connectivity index (χ1n) is 8.22. The lowest BCUT2D eigenvalue weighted by Crippen LogP contribution is -2.04. The van der Waals surface area contributed by atoms with E-state index < -0.39 is 11.7 Å². The summed E-state index contributed by atoms with van der Waals surface area (Å²) in [6, 6.07) is 12.7. The van der Waals surface area contributed by atoms with Gasteiger partial charge in [0.25, 0.3) is 0 Å². The van der Waals surface area contributed by atoms with Crippen LogP contribution in [0.5, 0.6) is 0 Å². The average molecular weight is 368 g/mol. The molecule has 1 N–H and O–H groups in total. The van der Waals surface area contributed by atoms with E-state index in [-0.39, 0.29) is 0 Å². The van der Waals surface area contributed by atoms with Gasteiger partial charge in [-0.3, -0.25) is 4.98 Å². The first kappa shape index (κ1) is 17.1. The van der Waals surface area contributed by atoms with Crippen LogP contribution in [0.1, 0.15) is 5.56 Å². The molecular weight excluding hydrogens is 353 g/mol. The molecule has 0 aliphatic carbocycles. The Morgan fingerprint density at radius 2 is 1.85 bits per heavy atom. The Kier molecular flexibility index (Phi) is 4.07. The third-order valence-electron chi connectivity index (χ3n) is 4.35. The number of anilines is 2. The second-order valence-corrected chi connectivity index (χ2v) is 6.16. The summed E-state index contributed by atoms with van der Waals surface area (Å²) < 4.78 is 40.9. The third kappa shape index (κ3) is 3.36. The normalized spacial score (nSPS) is 11.7. The van der Waals surface area contributed by atoms with E-state index >= 15 is 0 Å². The molecule has 4 rings (SSSR count). The number of halogens is 3. The van der Waals surface area contributed by atoms with Gasteiger partial charge in [0.1, 0.15) is 5.82 Å². The van der Waals surface area contributed by atoms with E-state index in [9.17, 15) is 13.2 Å². The van der Waals surface area contributed by atoms with Crippen molar-refractivity contribution in [2.45, 2.75) is 6.18 Å². The second-order valence-electron chi connectivity index (χ2n) is 6.16. The first-order valence-corrected chi connectivity index (χ1v) is 8.22. The fourth-order valence-electron chi connectivity index (χ4n) is 3.02. The Bertz CT molecular complexity index is 1100. The second kappa shape index (κ2) is 6.42. The van der Waals surface area contributed by atoms with Crippen LogP contribution < -0.4 is 5.32 Å². The predicted molar refractivity (Wildman–Crippen MR) is 98.7 cm³/mol. The zero-order valence-corrected chi connectivity index (χ0v) is 14.3. The van der Waals surface area contributed by atoms with Crippen LogP contribution in [-0.4, -0.2) is 14.5 Å². The standard InChI is InChI=1S/C20H15F3N4/c1-27-17(13-4-2-5-15(8-13)20(21,22)23)9-14-11-25-19(10-18(14)27)26-16-6-3-7-24-12-16/h2-12H,1H3,(H,25,26). The molecule has 0 bridgehead atoms. The summed E-state index contributed by atoms with van der Waals surface area (Å²) in [7, 11) is 1.83. The number of aryl methyl sites for hydroxylation is 1. The SMILES string of the molecule is Cn1c(-c2cccc(C(F)(F)F)c2)cc2cnc(Nc3cccnc3)cc21. The molecule has 0 aliphatic rings. The number of alkyl halides is 3. The Balaban J connectivity index is 1.74. The minimum Gasteiger partial charge on any atom is -0.343 e. The summed E-state index contributed by atoms with van der Waals surface area (Å²) in [5.41, 5.74) is 2.20. The summed E-state index contributed by atoms with van der Waals surface area (Å²) in [5.74, 6) is 0.632. The Hall–Kier alpha value is -3.35. The first-order chi connectivity index (χ1) is 12.9. The number of nitrogens with one attached hydrogen (secondary N) is 1. The van der Waals surface area contributed by atoms with E-state index in [1.54, 1.807) is 24.7 Å². The van der Waals surface area contributed by atoms with Crippen molar-refractivity contribution in [3.8, 4) is 11.3 Å². The van der Waals surface area contributed by atoms with Gasteiger partial charge in [-0.2, -0.15) is 13.2 Å². The van der Waals surface area contributed by atoms with Crippen LogP contribution in [0.2, 0.25) is 0 Å². The quantitative estimate of drug-likeness (QED) is 0.527. The van der Waals surface area contributed by atoms with Crippen molar-refractivity contribution in [2.75, 3.05) is 5.32 Å². The van der Waals surface area contributed by atoms with Crippen molar-refractivity contribution >= 4 is 22.4 Å². The van der Waals surface area contributed by atoms with Crippen LogP contribution in [0, 0.1) is 0 Å². The summed E-state index contributed by atoms with van der Waals surface area (Å²) in [6.45, 7) is 0. The van der Waals surface area contributed by atoms with Crippen molar-refractivity contribution in [2.24, 2.45) is 7.05 Å². The summed E-state index contributed by atoms with van der Waals surface area (Å²) in [4.78, 5) is 8.42. The highest BCUT2D eigenvalue weighted by molar-refractivity contribution is 5.88. The lowest BCUT2D eigenvalue weighted by Gasteiger charge is -2.10. The molecule has 0 saturated carbocycles. The smallest absolute Gasteiger partial charge is 0.343 e. The van der Waals surface area contributed by atoms with Gasteiger partial charge in [0.05, 0.1) is 23.0 Å². The molecule has 3 aromatic heterocycles. The van der Waals surface area contributed by atoms with Gasteiger partial charge < -0.3 is 9.88 Å². The van der Waals surface area contributed by atoms with Crippen LogP contribution in [-0.2, 0) is 13.2 Å². The van der Waals surface area contributed by atoms with Crippen molar-refractivity contribution in [3.63, 3.8) is 0 Å². The molecule has 0 amide bonds. The highest BCUT2D eigenvalue weighted by Crippen LogP contribution is 2.34. The molecule has 3 heterocycles. The molecule has 0 radical (unpaired) electrons. The van der Waals surface area contributed by atoms with Crippen molar-refractivity contribution < 1.29 is 13.2 Å². The van der Waals surface area contributed by atoms with E-state index in [4.69, 9.17) is 0 Å². The minimum absolute atomic E-state index is 0.505. The molecule has 4 aromatic rings. The van der Waals surface area contributed by atoms with E-state index in [1.807, 2.05) is 35.9 Å². The molecule has 7 heteroatoms. The number of fused-ring (bicyclic) bond motifs is 1. The fraction of sp³-hybridized carbons (Fsp3) is 0.100. The van der Waals surface area contributed by atoms with Crippen molar-refractivity contribution in [1.82, 2.24) is 14.5 Å². The molecule has 136 valence electrons. The molecule has 0 atom stereocenters. The molecule has 27 heavy (non-hydrogen) atoms. The van der Waals surface area contributed by atoms with Gasteiger partial charge in [-0.15, -0.1) is 0 Å². The van der Waals surface area contributed by atoms with Crippen molar-refractivity contribution in [1.29, 1.82) is 0 Å². The van der Waals surface area contributed by atoms with Gasteiger partial charge in [0.15, 0.2) is 0 Å². The highest BCUT2D eigenvalue weighted by Gasteiger charge is 2.30. The van der Waals surface area contributed by atoms with Crippen LogP contribution in [0.4, 0.5) is 24.7 Å². The topological polar surface area (TPSA) is 42.7 Å². The summed E-state index contributed by atoms with van der Waals surface area (Å²) in [5, 5.41) is 4.01. The van der Waals surface area contributed by atoms with Gasteiger partial charge in [-0.1, -0.05) is 12.1 Å². The maximum Gasteiger partial charge on any atom is 0.416 e. The van der Waals surface area contributed by atoms with E-state index in [2.05, 4.69) is 15.3 Å². The molecule has 0 fully saturated rings. The van der Waals surface area contributed by atoms with Gasteiger partial charge in [-0.25, -0.2) is 4.98 Å². The fourth-order valence-corrected chi connectivity index (χ4v) is 3.02. The number of pyridine rings is 2. The minimum atomic E-state index is -4.37. The Morgan fingerprint density at radius 1 is 1.00 bits per heavy atom. The zero-order chi connectivity index (χ0) is 19.0. The van der Waals surface area contributed by atoms with Crippen LogP contribution >= 0.6 is 0 Å².